The first-order chi connectivity index (χ1) is 17.5. The first-order valence-corrected chi connectivity index (χ1v) is 13.1. The summed E-state index contributed by atoms with van der Waals surface area (Å²) in [5.74, 6) is -4.44. The fourth-order valence-electron chi connectivity index (χ4n) is 4.03. The van der Waals surface area contributed by atoms with Crippen LogP contribution in [0.3, 0.4) is 0 Å². The molecule has 2 aromatic rings. The van der Waals surface area contributed by atoms with Crippen molar-refractivity contribution in [2.24, 2.45) is 4.99 Å². The average Bonchev–Trinajstić information content (AvgIpc) is 3.41. The number of hydrogen-bond donors (Lipinski definition) is 2. The van der Waals surface area contributed by atoms with Gasteiger partial charge in [0, 0.05) is 28.2 Å². The van der Waals surface area contributed by atoms with E-state index >= 15 is 0 Å². The Labute approximate surface area is 222 Å². The summed E-state index contributed by atoms with van der Waals surface area (Å²) in [5.41, 5.74) is 0.317. The van der Waals surface area contributed by atoms with Crippen LogP contribution in [0.5, 0.6) is 0 Å². The van der Waals surface area contributed by atoms with E-state index in [0.717, 1.165) is 24.1 Å². The minimum absolute atomic E-state index is 0.0144. The molecule has 1 aromatic carbocycles. The molecule has 0 radical (unpaired) electrons. The van der Waals surface area contributed by atoms with Crippen LogP contribution in [0.1, 0.15) is 23.0 Å². The van der Waals surface area contributed by atoms with E-state index < -0.39 is 49.1 Å². The molecule has 0 unspecified atom stereocenters. The number of esters is 1. The fourth-order valence-corrected chi connectivity index (χ4v) is 5.70. The predicted octanol–water partition coefficient (Wildman–Crippen LogP) is 4.54. The van der Waals surface area contributed by atoms with Gasteiger partial charge in [0.15, 0.2) is 17.1 Å². The summed E-state index contributed by atoms with van der Waals surface area (Å²) in [7, 11) is 1.14. The number of nitrogens with one attached hydrogen (secondary N) is 1. The largest absolute Gasteiger partial charge is 0.507 e. The summed E-state index contributed by atoms with van der Waals surface area (Å²) in [4.78, 5) is 34.3. The first-order valence-electron chi connectivity index (χ1n) is 10.6. The highest BCUT2D eigenvalue weighted by atomic mass is 35.5. The number of carbonyl (C=O) groups excluding carboxylic acids is 1. The Balaban J connectivity index is 1.83. The fraction of sp³-hybridized carbons (Fsp3) is 0.364. The maximum atomic E-state index is 14.3. The monoisotopic (exact) mass is 576 g/mol. The van der Waals surface area contributed by atoms with Crippen molar-refractivity contribution in [3.05, 3.63) is 56.3 Å². The van der Waals surface area contributed by atoms with Crippen molar-refractivity contribution in [3.8, 4) is 0 Å². The Morgan fingerprint density at radius 3 is 2.78 bits per heavy atom. The number of likely N-dealkylation sites (tertiary alicyclic amines) is 1. The zero-order valence-electron chi connectivity index (χ0n) is 19.3. The molecule has 198 valence electrons. The van der Waals surface area contributed by atoms with Gasteiger partial charge in [-0.15, -0.1) is 23.1 Å². The second-order valence-corrected chi connectivity index (χ2v) is 10.1. The number of methoxy groups -OCH3 is 1. The smallest absolute Gasteiger partial charge is 0.466 e. The van der Waals surface area contributed by atoms with Crippen molar-refractivity contribution in [3.63, 3.8) is 0 Å². The number of halogens is 4. The number of carboxylic acid groups (broad SMARTS) is 1. The van der Waals surface area contributed by atoms with Gasteiger partial charge >= 0.3 is 12.1 Å². The number of hydrogen-bond acceptors (Lipinski definition) is 10. The van der Waals surface area contributed by atoms with Gasteiger partial charge < -0.3 is 19.9 Å². The molecule has 0 bridgehead atoms. The predicted molar refractivity (Wildman–Crippen MR) is 131 cm³/mol. The van der Waals surface area contributed by atoms with Gasteiger partial charge in [-0.2, -0.15) is 0 Å². The van der Waals surface area contributed by atoms with E-state index in [0.29, 0.717) is 10.0 Å². The molecule has 0 aliphatic carbocycles. The Morgan fingerprint density at radius 2 is 2.16 bits per heavy atom. The van der Waals surface area contributed by atoms with Gasteiger partial charge in [0.2, 0.25) is 0 Å². The van der Waals surface area contributed by atoms with Gasteiger partial charge in [-0.25, -0.2) is 27.7 Å². The zero-order valence-corrected chi connectivity index (χ0v) is 21.7. The van der Waals surface area contributed by atoms with E-state index in [1.807, 2.05) is 6.26 Å². The summed E-state index contributed by atoms with van der Waals surface area (Å²) in [6, 6.07) is 2.48. The number of amidine groups is 1. The summed E-state index contributed by atoms with van der Waals surface area (Å²) in [6.07, 6.45) is -2.18. The summed E-state index contributed by atoms with van der Waals surface area (Å²) in [5, 5.41) is 15.0. The number of ether oxygens (including phenoxy) is 2. The van der Waals surface area contributed by atoms with E-state index in [4.69, 9.17) is 21.4 Å². The molecule has 2 aliphatic rings. The average molecular weight is 577 g/mol. The molecule has 1 aromatic heterocycles. The van der Waals surface area contributed by atoms with Crippen molar-refractivity contribution in [2.45, 2.75) is 29.6 Å². The molecule has 15 heteroatoms. The lowest BCUT2D eigenvalue weighted by molar-refractivity contribution is -0.136. The van der Waals surface area contributed by atoms with Crippen molar-refractivity contribution >= 4 is 52.7 Å². The van der Waals surface area contributed by atoms with Crippen LogP contribution in [0.15, 0.2) is 44.9 Å². The maximum Gasteiger partial charge on any atom is 0.507 e. The highest BCUT2D eigenvalue weighted by molar-refractivity contribution is 7.98. The molecule has 37 heavy (non-hydrogen) atoms. The summed E-state index contributed by atoms with van der Waals surface area (Å²) in [6.45, 7) is -1.15. The molecule has 0 spiro atoms. The van der Waals surface area contributed by atoms with Gasteiger partial charge in [-0.1, -0.05) is 17.7 Å². The van der Waals surface area contributed by atoms with Crippen molar-refractivity contribution in [1.82, 2.24) is 15.2 Å². The number of carbonyl (C=O) groups is 2. The van der Waals surface area contributed by atoms with E-state index in [-0.39, 0.29) is 34.2 Å². The third-order valence-corrected chi connectivity index (χ3v) is 7.55. The van der Waals surface area contributed by atoms with Gasteiger partial charge in [0.05, 0.1) is 25.6 Å². The molecule has 9 nitrogen and oxygen atoms in total. The standard InChI is InChI=1S/C22H20ClF3N4O5S2/c1-34-20(31)16-13(7-30-9-22(25,26)6-15(30)35-21(32)33)27-18(19-28-14(36-2)8-37-19)29-17(16)11-4-3-10(24)5-12(11)23/h3-5,8,15,17H,6-7,9H2,1-2H3,(H,27,29)(H,32,33)/t15-,17-/m0/s1. The number of rotatable bonds is 7. The molecule has 0 amide bonds. The van der Waals surface area contributed by atoms with Gasteiger partial charge in [-0.3, -0.25) is 9.89 Å². The first kappa shape index (κ1) is 27.2. The molecule has 4 rings (SSSR count). The van der Waals surface area contributed by atoms with Gasteiger partial charge in [0.1, 0.15) is 16.9 Å². The molecule has 3 heterocycles. The van der Waals surface area contributed by atoms with Crippen molar-refractivity contribution < 1.29 is 37.3 Å². The lowest BCUT2D eigenvalue weighted by Gasteiger charge is -2.30. The molecule has 2 aliphatic heterocycles. The second kappa shape index (κ2) is 10.9. The Hall–Kier alpha value is -2.81. The third-order valence-electron chi connectivity index (χ3n) is 5.60. The second-order valence-electron chi connectivity index (χ2n) is 8.05. The topological polar surface area (TPSA) is 113 Å². The van der Waals surface area contributed by atoms with Crippen LogP contribution < -0.4 is 5.32 Å². The van der Waals surface area contributed by atoms with Crippen LogP contribution in [0, 0.1) is 5.82 Å². The number of aliphatic imine (C=N–C) groups is 1. The van der Waals surface area contributed by atoms with Crippen LogP contribution in [-0.2, 0) is 14.3 Å². The quantitative estimate of drug-likeness (QED) is 0.362. The minimum Gasteiger partial charge on any atom is -0.466 e. The zero-order chi connectivity index (χ0) is 26.9. The van der Waals surface area contributed by atoms with Crippen LogP contribution in [-0.4, -0.2) is 71.6 Å². The SMILES string of the molecule is COC(=O)C1=C(CN2CC(F)(F)C[C@@H]2OC(=O)O)NC(c2nc(SC)cs2)=N[C@H]1c1ccc(F)cc1Cl. The van der Waals surface area contributed by atoms with Gasteiger partial charge in [-0.05, 0) is 18.4 Å². The third kappa shape index (κ3) is 6.03. The lowest BCUT2D eigenvalue weighted by Crippen LogP contribution is -2.42. The Bertz CT molecular complexity index is 1290. The lowest BCUT2D eigenvalue weighted by atomic mass is 9.95. The number of aromatic nitrogens is 1. The molecule has 2 N–H and O–H groups in total. The molecule has 1 fully saturated rings. The summed E-state index contributed by atoms with van der Waals surface area (Å²) >= 11 is 8.98. The van der Waals surface area contributed by atoms with Crippen LogP contribution in [0.25, 0.3) is 0 Å². The minimum atomic E-state index is -3.22. The number of benzene rings is 1. The molecule has 1 saturated heterocycles. The molecular weight excluding hydrogens is 557 g/mol. The number of nitrogens with zero attached hydrogens (tertiary/aromatic N) is 3. The van der Waals surface area contributed by atoms with Gasteiger partial charge in [0.25, 0.3) is 5.92 Å². The number of thioether (sulfide) groups is 1. The van der Waals surface area contributed by atoms with Crippen LogP contribution in [0.2, 0.25) is 5.02 Å². The summed E-state index contributed by atoms with van der Waals surface area (Å²) < 4.78 is 52.0. The Morgan fingerprint density at radius 1 is 1.41 bits per heavy atom. The number of alkyl halides is 2. The van der Waals surface area contributed by atoms with E-state index in [1.54, 1.807) is 5.38 Å². The molecular formula is C22H20ClF3N4O5S2. The molecule has 0 saturated carbocycles. The Kier molecular flexibility index (Phi) is 8.02. The van der Waals surface area contributed by atoms with Crippen molar-refractivity contribution in [2.75, 3.05) is 26.5 Å². The van der Waals surface area contributed by atoms with E-state index in [1.165, 1.54) is 29.2 Å². The van der Waals surface area contributed by atoms with E-state index in [2.05, 4.69) is 20.0 Å². The van der Waals surface area contributed by atoms with Crippen LogP contribution >= 0.6 is 34.7 Å². The highest BCUT2D eigenvalue weighted by Crippen LogP contribution is 2.39. The maximum absolute atomic E-state index is 14.3. The highest BCUT2D eigenvalue weighted by Gasteiger charge is 2.48. The van der Waals surface area contributed by atoms with Crippen LogP contribution in [0.4, 0.5) is 18.0 Å². The number of thiazole rings is 1. The normalized spacial score (nSPS) is 21.4. The van der Waals surface area contributed by atoms with E-state index in [9.17, 15) is 22.8 Å². The van der Waals surface area contributed by atoms with Crippen molar-refractivity contribution in [1.29, 1.82) is 0 Å². The molecule has 2 atom stereocenters.